The Bertz CT molecular complexity index is 143. The molecule has 0 radical (unpaired) electrons. The Hall–Kier alpha value is -0.110. The number of hydrogen-bond donors (Lipinski definition) is 0. The molecule has 1 atom stereocenters. The first-order valence-corrected chi connectivity index (χ1v) is 4.43. The van der Waals surface area contributed by atoms with Gasteiger partial charge in [-0.3, -0.25) is 4.79 Å². The predicted octanol–water partition coefficient (Wildman–Crippen LogP) is 2.67. The second kappa shape index (κ2) is 4.05. The van der Waals surface area contributed by atoms with Crippen molar-refractivity contribution in [1.29, 1.82) is 0 Å². The fourth-order valence-electron chi connectivity index (χ4n) is 1.61. The summed E-state index contributed by atoms with van der Waals surface area (Å²) in [5, 5.41) is -0.822. The summed E-state index contributed by atoms with van der Waals surface area (Å²) in [4.78, 5) is 10.4. The molecule has 1 saturated carbocycles. The minimum atomic E-state index is -1.42. The Kier molecular flexibility index (Phi) is 3.31. The average molecular weight is 179 g/mol. The summed E-state index contributed by atoms with van der Waals surface area (Å²) in [7, 11) is 0. The van der Waals surface area contributed by atoms with Crippen LogP contribution in [0, 0.1) is 5.92 Å². The van der Waals surface area contributed by atoms with E-state index < -0.39 is 11.4 Å². The van der Waals surface area contributed by atoms with E-state index in [0.29, 0.717) is 0 Å². The van der Waals surface area contributed by atoms with E-state index >= 15 is 0 Å². The van der Waals surface area contributed by atoms with Crippen LogP contribution in [-0.2, 0) is 4.79 Å². The van der Waals surface area contributed by atoms with E-state index in [1.807, 2.05) is 0 Å². The van der Waals surface area contributed by atoms with Gasteiger partial charge in [0.05, 0.1) is 0 Å². The first-order chi connectivity index (χ1) is 5.22. The van der Waals surface area contributed by atoms with Gasteiger partial charge >= 0.3 is 0 Å². The first-order valence-electron chi connectivity index (χ1n) is 4.05. The predicted molar refractivity (Wildman–Crippen MR) is 42.3 cm³/mol. The number of carbonyl (C=O) groups is 1. The van der Waals surface area contributed by atoms with Gasteiger partial charge in [0, 0.05) is 0 Å². The van der Waals surface area contributed by atoms with Crippen molar-refractivity contribution in [3.05, 3.63) is 0 Å². The van der Waals surface area contributed by atoms with E-state index in [0.717, 1.165) is 25.7 Å². The van der Waals surface area contributed by atoms with Gasteiger partial charge in [-0.05, 0) is 30.4 Å². The Labute approximate surface area is 70.9 Å². The quantitative estimate of drug-likeness (QED) is 0.595. The summed E-state index contributed by atoms with van der Waals surface area (Å²) in [6, 6.07) is 0. The van der Waals surface area contributed by atoms with E-state index in [-0.39, 0.29) is 5.92 Å². The lowest BCUT2D eigenvalue weighted by Gasteiger charge is -2.22. The Morgan fingerprint density at radius 2 is 1.91 bits per heavy atom. The molecule has 1 unspecified atom stereocenters. The third-order valence-corrected chi connectivity index (χ3v) is 2.49. The summed E-state index contributed by atoms with van der Waals surface area (Å²) < 4.78 is 12.9. The molecule has 0 N–H and O–H groups in total. The van der Waals surface area contributed by atoms with Crippen LogP contribution < -0.4 is 0 Å². The van der Waals surface area contributed by atoms with Gasteiger partial charge in [-0.25, -0.2) is 4.39 Å². The minimum absolute atomic E-state index is 0.103. The lowest BCUT2D eigenvalue weighted by molar-refractivity contribution is -0.118. The smallest absolute Gasteiger partial charge is 0.256 e. The van der Waals surface area contributed by atoms with Crippen molar-refractivity contribution < 1.29 is 9.18 Å². The molecule has 0 heterocycles. The Morgan fingerprint density at radius 1 is 1.36 bits per heavy atom. The highest BCUT2D eigenvalue weighted by molar-refractivity contribution is 6.64. The highest BCUT2D eigenvalue weighted by atomic mass is 35.5. The van der Waals surface area contributed by atoms with E-state index in [2.05, 4.69) is 0 Å². The molecule has 1 nitrogen and oxygen atoms in total. The lowest BCUT2D eigenvalue weighted by atomic mass is 9.86. The van der Waals surface area contributed by atoms with Crippen LogP contribution in [0.2, 0.25) is 0 Å². The van der Waals surface area contributed by atoms with Crippen LogP contribution in [0.25, 0.3) is 0 Å². The summed E-state index contributed by atoms with van der Waals surface area (Å²) in [6.07, 6.45) is 3.46. The molecule has 0 bridgehead atoms. The summed E-state index contributed by atoms with van der Waals surface area (Å²) >= 11 is 5.05. The van der Waals surface area contributed by atoms with E-state index in [1.54, 1.807) is 0 Å². The Balaban J connectivity index is 2.38. The molecule has 3 heteroatoms. The van der Waals surface area contributed by atoms with Crippen LogP contribution in [0.1, 0.15) is 32.1 Å². The molecule has 1 fully saturated rings. The molecule has 1 aliphatic carbocycles. The van der Waals surface area contributed by atoms with E-state index in [4.69, 9.17) is 11.6 Å². The topological polar surface area (TPSA) is 17.1 Å². The zero-order valence-electron chi connectivity index (χ0n) is 6.35. The first kappa shape index (κ1) is 8.98. The SMILES string of the molecule is O=C(Cl)C(F)C1CCCCC1. The van der Waals surface area contributed by atoms with Crippen LogP contribution in [0.4, 0.5) is 4.39 Å². The molecule has 0 aromatic rings. The largest absolute Gasteiger partial charge is 0.278 e. The normalized spacial score (nSPS) is 23.1. The van der Waals surface area contributed by atoms with Gasteiger partial charge < -0.3 is 0 Å². The molecule has 11 heavy (non-hydrogen) atoms. The van der Waals surface area contributed by atoms with E-state index in [1.165, 1.54) is 6.42 Å². The standard InChI is InChI=1S/C8H12ClFO/c9-8(11)7(10)6-4-2-1-3-5-6/h6-7H,1-5H2. The molecule has 1 rings (SSSR count). The zero-order chi connectivity index (χ0) is 8.27. The second-order valence-corrected chi connectivity index (χ2v) is 3.48. The van der Waals surface area contributed by atoms with E-state index in [9.17, 15) is 9.18 Å². The van der Waals surface area contributed by atoms with Crippen molar-refractivity contribution in [2.24, 2.45) is 5.92 Å². The van der Waals surface area contributed by atoms with Crippen LogP contribution in [0.3, 0.4) is 0 Å². The fourth-order valence-corrected chi connectivity index (χ4v) is 1.79. The summed E-state index contributed by atoms with van der Waals surface area (Å²) in [6.45, 7) is 0. The van der Waals surface area contributed by atoms with Gasteiger partial charge in [-0.15, -0.1) is 0 Å². The molecule has 0 aliphatic heterocycles. The molecule has 64 valence electrons. The van der Waals surface area contributed by atoms with Crippen molar-refractivity contribution in [2.75, 3.05) is 0 Å². The molecule has 1 aliphatic rings. The van der Waals surface area contributed by atoms with Crippen molar-refractivity contribution in [2.45, 2.75) is 38.3 Å². The summed E-state index contributed by atoms with van der Waals surface area (Å²) in [5.74, 6) is -0.103. The maximum Gasteiger partial charge on any atom is 0.256 e. The monoisotopic (exact) mass is 178 g/mol. The lowest BCUT2D eigenvalue weighted by Crippen LogP contribution is -2.23. The number of hydrogen-bond acceptors (Lipinski definition) is 1. The Morgan fingerprint density at radius 3 is 2.36 bits per heavy atom. The van der Waals surface area contributed by atoms with Gasteiger partial charge in [-0.2, -0.15) is 0 Å². The maximum atomic E-state index is 12.9. The third-order valence-electron chi connectivity index (χ3n) is 2.28. The molecule has 0 amide bonds. The molecular formula is C8H12ClFO. The van der Waals surface area contributed by atoms with Crippen molar-refractivity contribution in [3.8, 4) is 0 Å². The highest BCUT2D eigenvalue weighted by Gasteiger charge is 2.27. The number of carbonyl (C=O) groups excluding carboxylic acids is 1. The third kappa shape index (κ3) is 2.44. The van der Waals surface area contributed by atoms with Gasteiger partial charge in [0.25, 0.3) is 5.24 Å². The van der Waals surface area contributed by atoms with Crippen molar-refractivity contribution in [3.63, 3.8) is 0 Å². The molecule has 0 saturated heterocycles. The van der Waals surface area contributed by atoms with Crippen LogP contribution in [-0.4, -0.2) is 11.4 Å². The molecular weight excluding hydrogens is 167 g/mol. The molecule has 0 spiro atoms. The minimum Gasteiger partial charge on any atom is -0.278 e. The molecule has 0 aromatic heterocycles. The number of halogens is 2. The van der Waals surface area contributed by atoms with Crippen molar-refractivity contribution >= 4 is 16.8 Å². The van der Waals surface area contributed by atoms with Gasteiger partial charge in [0.15, 0.2) is 6.17 Å². The average Bonchev–Trinajstić information content (AvgIpc) is 2.05. The van der Waals surface area contributed by atoms with Crippen LogP contribution in [0.5, 0.6) is 0 Å². The summed E-state index contributed by atoms with van der Waals surface area (Å²) in [5.41, 5.74) is 0. The van der Waals surface area contributed by atoms with Gasteiger partial charge in [-0.1, -0.05) is 19.3 Å². The van der Waals surface area contributed by atoms with Gasteiger partial charge in [0.2, 0.25) is 0 Å². The second-order valence-electron chi connectivity index (χ2n) is 3.10. The maximum absolute atomic E-state index is 12.9. The highest BCUT2D eigenvalue weighted by Crippen LogP contribution is 2.28. The molecule has 0 aromatic carbocycles. The van der Waals surface area contributed by atoms with Crippen LogP contribution in [0.15, 0.2) is 0 Å². The van der Waals surface area contributed by atoms with Crippen molar-refractivity contribution in [1.82, 2.24) is 0 Å². The van der Waals surface area contributed by atoms with Crippen LogP contribution >= 0.6 is 11.6 Å². The van der Waals surface area contributed by atoms with Gasteiger partial charge in [0.1, 0.15) is 0 Å². The number of rotatable bonds is 2. The number of alkyl halides is 1. The zero-order valence-corrected chi connectivity index (χ0v) is 7.11. The fraction of sp³-hybridized carbons (Fsp3) is 0.875.